The largest absolute Gasteiger partial charge is 0.371 e. The molecule has 0 aliphatic rings. The summed E-state index contributed by atoms with van der Waals surface area (Å²) in [4.78, 5) is 23.4. The van der Waals surface area contributed by atoms with E-state index < -0.39 is 0 Å². The fraction of sp³-hybridized carbons (Fsp3) is 0.143. The molecule has 0 radical (unpaired) electrons. The molecule has 2 heterocycles. The van der Waals surface area contributed by atoms with Gasteiger partial charge in [0, 0.05) is 0 Å². The number of hydrogen-bond donors (Lipinski definition) is 2. The first-order valence-corrected chi connectivity index (χ1v) is 3.77. The Kier molecular flexibility index (Phi) is 1.48. The molecule has 0 aromatic carbocycles. The van der Waals surface area contributed by atoms with E-state index in [9.17, 15) is 4.79 Å². The normalized spacial score (nSPS) is 10.5. The number of rotatable bonds is 0. The van der Waals surface area contributed by atoms with Gasteiger partial charge in [0.25, 0.3) is 0 Å². The number of aromatic nitrogens is 4. The first-order chi connectivity index (χ1) is 6.16. The Balaban J connectivity index is 2.95. The van der Waals surface area contributed by atoms with E-state index in [-0.39, 0.29) is 11.5 Å². The number of hydrogen-bond acceptors (Lipinski definition) is 3. The molecular formula is C7H9N5O+2. The Hall–Kier alpha value is -1.98. The van der Waals surface area contributed by atoms with Gasteiger partial charge in [-0.3, -0.25) is 0 Å². The minimum absolute atomic E-state index is 0.198. The van der Waals surface area contributed by atoms with Crippen LogP contribution in [-0.4, -0.2) is 9.97 Å². The number of anilines is 1. The third kappa shape index (κ3) is 1.22. The van der Waals surface area contributed by atoms with Crippen molar-refractivity contribution < 1.29 is 9.97 Å². The molecule has 0 saturated heterocycles. The number of H-pyrrole nitrogens is 3. The Bertz CT molecular complexity index is 513. The van der Waals surface area contributed by atoms with Crippen molar-refractivity contribution in [2.24, 2.45) is 0 Å². The zero-order valence-electron chi connectivity index (χ0n) is 7.01. The highest BCUT2D eigenvalue weighted by Crippen LogP contribution is 1.93. The van der Waals surface area contributed by atoms with Crippen LogP contribution in [0.4, 0.5) is 5.95 Å². The van der Waals surface area contributed by atoms with Gasteiger partial charge in [-0.1, -0.05) is 0 Å². The standard InChI is InChI=1S/C7H7N5O/c1-3-2-9-4-5(10-3)11-7(8)12-6(4)13/h2H,1H3,(H3,8,10,11,12,13)/p+2. The zero-order valence-corrected chi connectivity index (χ0v) is 7.01. The summed E-state index contributed by atoms with van der Waals surface area (Å²) in [5.41, 5.74) is 6.76. The topological polar surface area (TPSA) is 100 Å². The third-order valence-corrected chi connectivity index (χ3v) is 1.68. The highest BCUT2D eigenvalue weighted by Gasteiger charge is 2.14. The van der Waals surface area contributed by atoms with E-state index in [1.165, 1.54) is 0 Å². The summed E-state index contributed by atoms with van der Waals surface area (Å²) in [6, 6.07) is 0. The molecule has 66 valence electrons. The summed E-state index contributed by atoms with van der Waals surface area (Å²) in [6.45, 7) is 1.82. The van der Waals surface area contributed by atoms with Crippen LogP contribution >= 0.6 is 0 Å². The van der Waals surface area contributed by atoms with Gasteiger partial charge in [0.05, 0.1) is 0 Å². The number of nitrogen functional groups attached to an aromatic ring is 1. The molecular weight excluding hydrogens is 170 g/mol. The molecule has 2 rings (SSSR count). The molecule has 0 amide bonds. The van der Waals surface area contributed by atoms with E-state index in [2.05, 4.69) is 19.9 Å². The van der Waals surface area contributed by atoms with Gasteiger partial charge in [-0.15, -0.1) is 4.98 Å². The van der Waals surface area contributed by atoms with Gasteiger partial charge >= 0.3 is 22.7 Å². The Morgan fingerprint density at radius 2 is 2.38 bits per heavy atom. The van der Waals surface area contributed by atoms with Crippen molar-refractivity contribution >= 4 is 17.1 Å². The Labute approximate surface area is 72.9 Å². The van der Waals surface area contributed by atoms with E-state index in [4.69, 9.17) is 5.73 Å². The first kappa shape index (κ1) is 7.66. The quantitative estimate of drug-likeness (QED) is 0.511. The number of fused-ring (bicyclic) bond motifs is 1. The molecule has 0 fully saturated rings. The van der Waals surface area contributed by atoms with Gasteiger partial charge in [-0.2, -0.15) is 4.98 Å². The highest BCUT2D eigenvalue weighted by molar-refractivity contribution is 5.60. The van der Waals surface area contributed by atoms with Crippen molar-refractivity contribution in [2.45, 2.75) is 6.92 Å². The van der Waals surface area contributed by atoms with Crippen LogP contribution in [0.25, 0.3) is 11.2 Å². The maximum Gasteiger partial charge on any atom is 0.371 e. The lowest BCUT2D eigenvalue weighted by molar-refractivity contribution is -0.371. The number of nitrogens with zero attached hydrogens (tertiary/aromatic N) is 1. The molecule has 6 heteroatoms. The summed E-state index contributed by atoms with van der Waals surface area (Å²) < 4.78 is 0. The number of aromatic amines is 3. The Morgan fingerprint density at radius 3 is 3.15 bits per heavy atom. The van der Waals surface area contributed by atoms with Crippen LogP contribution in [-0.2, 0) is 0 Å². The van der Waals surface area contributed by atoms with Crippen molar-refractivity contribution in [3.05, 3.63) is 22.2 Å². The van der Waals surface area contributed by atoms with E-state index in [0.717, 1.165) is 5.69 Å². The highest BCUT2D eigenvalue weighted by atomic mass is 16.1. The van der Waals surface area contributed by atoms with Gasteiger partial charge in [-0.05, 0) is 6.92 Å². The molecule has 0 unspecified atom stereocenters. The fourth-order valence-electron chi connectivity index (χ4n) is 1.12. The van der Waals surface area contributed by atoms with Crippen molar-refractivity contribution in [3.63, 3.8) is 0 Å². The second-order valence-corrected chi connectivity index (χ2v) is 2.76. The lowest BCUT2D eigenvalue weighted by atomic mass is 10.4. The van der Waals surface area contributed by atoms with Crippen LogP contribution in [0, 0.1) is 6.92 Å². The van der Waals surface area contributed by atoms with Crippen LogP contribution in [0.1, 0.15) is 5.69 Å². The molecule has 0 spiro atoms. The lowest BCUT2D eigenvalue weighted by Crippen LogP contribution is -2.28. The monoisotopic (exact) mass is 179 g/mol. The molecule has 0 aliphatic carbocycles. The van der Waals surface area contributed by atoms with Crippen LogP contribution in [0.15, 0.2) is 11.0 Å². The summed E-state index contributed by atoms with van der Waals surface area (Å²) in [5, 5.41) is 0. The molecule has 0 aliphatic heterocycles. The van der Waals surface area contributed by atoms with E-state index >= 15 is 0 Å². The smallest absolute Gasteiger partial charge is 0.310 e. The average Bonchev–Trinajstić information content (AvgIpc) is 2.02. The molecule has 2 aromatic rings. The van der Waals surface area contributed by atoms with Gasteiger partial charge in [0.1, 0.15) is 0 Å². The number of nitrogens with one attached hydrogen (secondary N) is 3. The molecule has 0 bridgehead atoms. The van der Waals surface area contributed by atoms with Gasteiger partial charge < -0.3 is 5.73 Å². The molecule has 5 N–H and O–H groups in total. The number of aryl methyl sites for hydroxylation is 1. The predicted molar refractivity (Wildman–Crippen MR) is 44.6 cm³/mol. The van der Waals surface area contributed by atoms with Crippen molar-refractivity contribution in [1.29, 1.82) is 0 Å². The second kappa shape index (κ2) is 2.51. The van der Waals surface area contributed by atoms with Crippen LogP contribution in [0.5, 0.6) is 0 Å². The molecule has 2 aromatic heterocycles. The summed E-state index contributed by atoms with van der Waals surface area (Å²) in [5.74, 6) is 0.198. The fourth-order valence-corrected chi connectivity index (χ4v) is 1.12. The van der Waals surface area contributed by atoms with Gasteiger partial charge in [-0.25, -0.2) is 14.8 Å². The Morgan fingerprint density at radius 1 is 1.62 bits per heavy atom. The van der Waals surface area contributed by atoms with Crippen LogP contribution in [0.2, 0.25) is 0 Å². The molecule has 13 heavy (non-hydrogen) atoms. The molecule has 0 saturated carbocycles. The van der Waals surface area contributed by atoms with E-state index in [0.29, 0.717) is 11.2 Å². The SMILES string of the molecule is Cc1c[nH+]c2c(=O)[nH]c(N)[nH+]c2n1. The van der Waals surface area contributed by atoms with E-state index in [1.807, 2.05) is 6.92 Å². The first-order valence-electron chi connectivity index (χ1n) is 3.77. The van der Waals surface area contributed by atoms with Crippen molar-refractivity contribution in [2.75, 3.05) is 5.73 Å². The maximum atomic E-state index is 11.3. The van der Waals surface area contributed by atoms with Crippen LogP contribution in [0.3, 0.4) is 0 Å². The van der Waals surface area contributed by atoms with E-state index in [1.54, 1.807) is 6.20 Å². The average molecular weight is 179 g/mol. The maximum absolute atomic E-state index is 11.3. The lowest BCUT2D eigenvalue weighted by Gasteiger charge is -1.88. The third-order valence-electron chi connectivity index (χ3n) is 1.68. The summed E-state index contributed by atoms with van der Waals surface area (Å²) >= 11 is 0. The van der Waals surface area contributed by atoms with Gasteiger partial charge in [0.2, 0.25) is 6.20 Å². The predicted octanol–water partition coefficient (Wildman–Crippen LogP) is -1.56. The summed E-state index contributed by atoms with van der Waals surface area (Å²) in [7, 11) is 0. The van der Waals surface area contributed by atoms with Crippen LogP contribution < -0.4 is 21.3 Å². The summed E-state index contributed by atoms with van der Waals surface area (Å²) in [6.07, 6.45) is 1.65. The molecule has 0 atom stereocenters. The van der Waals surface area contributed by atoms with Crippen molar-refractivity contribution in [1.82, 2.24) is 9.97 Å². The van der Waals surface area contributed by atoms with Crippen molar-refractivity contribution in [3.8, 4) is 0 Å². The minimum atomic E-state index is -0.279. The number of nitrogens with two attached hydrogens (primary N) is 1. The van der Waals surface area contributed by atoms with Gasteiger partial charge in [0.15, 0.2) is 5.69 Å². The second-order valence-electron chi connectivity index (χ2n) is 2.76. The molecule has 6 nitrogen and oxygen atoms in total. The zero-order chi connectivity index (χ0) is 9.42. The minimum Gasteiger partial charge on any atom is -0.310 e.